The highest BCUT2D eigenvalue weighted by Gasteiger charge is 2.33. The van der Waals surface area contributed by atoms with Crippen LogP contribution < -0.4 is 9.47 Å². The van der Waals surface area contributed by atoms with E-state index in [2.05, 4.69) is 41.5 Å². The number of nitrogens with zero attached hydrogens (tertiary/aromatic N) is 1. The van der Waals surface area contributed by atoms with Crippen LogP contribution in [0, 0.1) is 10.1 Å². The van der Waals surface area contributed by atoms with Gasteiger partial charge in [-0.25, -0.2) is 0 Å². The molecule has 2 atom stereocenters. The van der Waals surface area contributed by atoms with Crippen LogP contribution in [0.15, 0.2) is 12.1 Å². The van der Waals surface area contributed by atoms with E-state index in [0.29, 0.717) is 17.1 Å². The molecule has 0 N–H and O–H groups in total. The maximum Gasteiger partial charge on any atom is 0.279 e. The van der Waals surface area contributed by atoms with Gasteiger partial charge in [-0.2, -0.15) is 0 Å². The summed E-state index contributed by atoms with van der Waals surface area (Å²) in [5.74, 6) is 0.967. The molecule has 0 aliphatic heterocycles. The third kappa shape index (κ3) is 12.5. The van der Waals surface area contributed by atoms with Crippen molar-refractivity contribution in [3.63, 3.8) is 0 Å². The highest BCUT2D eigenvalue weighted by atomic mass is 16.6. The van der Waals surface area contributed by atoms with E-state index in [-0.39, 0.29) is 16.2 Å². The highest BCUT2D eigenvalue weighted by molar-refractivity contribution is 5.55. The fourth-order valence-electron chi connectivity index (χ4n) is 5.47. The number of unbranched alkanes of at least 4 members (excludes halogenated alkanes) is 8. The van der Waals surface area contributed by atoms with Crippen LogP contribution in [0.2, 0.25) is 0 Å². The number of rotatable bonds is 23. The van der Waals surface area contributed by atoms with Gasteiger partial charge in [0.1, 0.15) is 5.60 Å². The van der Waals surface area contributed by atoms with Crippen molar-refractivity contribution in [2.45, 2.75) is 169 Å². The zero-order valence-corrected chi connectivity index (χ0v) is 26.5. The molecule has 1 aromatic carbocycles. The summed E-state index contributed by atoms with van der Waals surface area (Å²) in [6, 6.07) is 3.33. The minimum Gasteiger partial charge on any atom is -0.493 e. The van der Waals surface area contributed by atoms with Crippen LogP contribution in [0.5, 0.6) is 11.5 Å². The summed E-state index contributed by atoms with van der Waals surface area (Å²) < 4.78 is 19.0. The van der Waals surface area contributed by atoms with E-state index < -0.39 is 11.7 Å². The highest BCUT2D eigenvalue weighted by Crippen LogP contribution is 2.43. The molecule has 226 valence electrons. The summed E-state index contributed by atoms with van der Waals surface area (Å²) >= 11 is 0. The maximum atomic E-state index is 12.3. The Bertz CT molecular complexity index is 819. The summed E-state index contributed by atoms with van der Waals surface area (Å²) in [4.78, 5) is 12.0. The number of hydrogen-bond donors (Lipinski definition) is 0. The second-order valence-corrected chi connectivity index (χ2v) is 11.9. The Morgan fingerprint density at radius 1 is 0.744 bits per heavy atom. The van der Waals surface area contributed by atoms with Crippen LogP contribution in [0.1, 0.15) is 163 Å². The normalized spacial score (nSPS) is 14.2. The summed E-state index contributed by atoms with van der Waals surface area (Å²) in [5, 5.41) is 12.3. The Labute approximate surface area is 239 Å². The van der Waals surface area contributed by atoms with Crippen LogP contribution in [-0.4, -0.2) is 23.2 Å². The molecule has 0 fully saturated rings. The molecule has 0 bridgehead atoms. The lowest BCUT2D eigenvalue weighted by molar-refractivity contribution is -0.386. The molecule has 0 spiro atoms. The molecule has 39 heavy (non-hydrogen) atoms. The molecule has 1 rings (SSSR count). The first-order valence-electron chi connectivity index (χ1n) is 15.8. The second-order valence-electron chi connectivity index (χ2n) is 11.9. The van der Waals surface area contributed by atoms with Crippen molar-refractivity contribution in [2.75, 3.05) is 7.11 Å². The Morgan fingerprint density at radius 2 is 1.23 bits per heavy atom. The molecule has 0 aromatic heterocycles. The zero-order valence-electron chi connectivity index (χ0n) is 26.5. The topological polar surface area (TPSA) is 70.8 Å². The van der Waals surface area contributed by atoms with Crippen molar-refractivity contribution in [1.82, 2.24) is 0 Å². The van der Waals surface area contributed by atoms with E-state index in [0.717, 1.165) is 77.0 Å². The first kappa shape index (κ1) is 35.2. The van der Waals surface area contributed by atoms with Crippen molar-refractivity contribution in [1.29, 1.82) is 0 Å². The monoisotopic (exact) mass is 549 g/mol. The van der Waals surface area contributed by atoms with E-state index in [1.807, 2.05) is 6.92 Å². The van der Waals surface area contributed by atoms with Gasteiger partial charge >= 0.3 is 0 Å². The first-order valence-corrected chi connectivity index (χ1v) is 15.8. The predicted molar refractivity (Wildman–Crippen MR) is 163 cm³/mol. The van der Waals surface area contributed by atoms with Crippen LogP contribution >= 0.6 is 0 Å². The van der Waals surface area contributed by atoms with E-state index in [1.165, 1.54) is 25.7 Å². The van der Waals surface area contributed by atoms with Gasteiger partial charge in [0.25, 0.3) is 5.69 Å². The lowest BCUT2D eigenvalue weighted by Gasteiger charge is -2.34. The summed E-state index contributed by atoms with van der Waals surface area (Å²) in [6.07, 6.45) is 17.0. The Hall–Kier alpha value is -1.82. The summed E-state index contributed by atoms with van der Waals surface area (Å²) in [6.45, 7) is 15.0. The predicted octanol–water partition coefficient (Wildman–Crippen LogP) is 10.9. The van der Waals surface area contributed by atoms with Crippen LogP contribution in [0.25, 0.3) is 0 Å². The number of nitro benzene ring substituents is 1. The van der Waals surface area contributed by atoms with Crippen LogP contribution in [0.4, 0.5) is 5.69 Å². The van der Waals surface area contributed by atoms with E-state index >= 15 is 0 Å². The van der Waals surface area contributed by atoms with Crippen LogP contribution in [-0.2, 0) is 4.74 Å². The Morgan fingerprint density at radius 3 is 1.74 bits per heavy atom. The third-order valence-corrected chi connectivity index (χ3v) is 8.00. The van der Waals surface area contributed by atoms with E-state index in [9.17, 15) is 10.1 Å². The van der Waals surface area contributed by atoms with Gasteiger partial charge < -0.3 is 14.2 Å². The molecule has 2 unspecified atom stereocenters. The Kier molecular flexibility index (Phi) is 16.7. The van der Waals surface area contributed by atoms with Gasteiger partial charge in [-0.1, -0.05) is 91.9 Å². The fourth-order valence-corrected chi connectivity index (χ4v) is 5.47. The smallest absolute Gasteiger partial charge is 0.279 e. The van der Waals surface area contributed by atoms with E-state index in [4.69, 9.17) is 14.2 Å². The van der Waals surface area contributed by atoms with Gasteiger partial charge in [-0.15, -0.1) is 0 Å². The molecule has 1 aromatic rings. The third-order valence-electron chi connectivity index (χ3n) is 8.00. The lowest BCUT2D eigenvalue weighted by Crippen LogP contribution is -2.32. The standard InChI is InChI=1S/C33H59NO5/c1-9-13-17-18-20-24-32(6,23-19-14-10-2)38-27(5)28-25-30(37-8)31(26-29(28)34(35)36)39-33(7,21-15-11-3)22-16-12-4/h25-27H,9-24H2,1-8H3. The van der Waals surface area contributed by atoms with Crippen molar-refractivity contribution in [3.05, 3.63) is 27.8 Å². The van der Waals surface area contributed by atoms with Crippen molar-refractivity contribution in [2.24, 2.45) is 0 Å². The Balaban J connectivity index is 3.29. The average molecular weight is 550 g/mol. The molecule has 0 heterocycles. The summed E-state index contributed by atoms with van der Waals surface area (Å²) in [7, 11) is 1.60. The fraction of sp³-hybridized carbons (Fsp3) is 0.818. The van der Waals surface area contributed by atoms with Gasteiger partial charge in [-0.3, -0.25) is 10.1 Å². The maximum absolute atomic E-state index is 12.3. The van der Waals surface area contributed by atoms with Gasteiger partial charge in [0.05, 0.1) is 35.4 Å². The largest absolute Gasteiger partial charge is 0.493 e. The number of nitro groups is 1. The molecule has 6 heteroatoms. The number of methoxy groups -OCH3 is 1. The average Bonchev–Trinajstić information content (AvgIpc) is 2.90. The van der Waals surface area contributed by atoms with Gasteiger partial charge in [0.15, 0.2) is 11.5 Å². The van der Waals surface area contributed by atoms with Gasteiger partial charge in [-0.05, 0) is 65.4 Å². The van der Waals surface area contributed by atoms with Crippen molar-refractivity contribution in [3.8, 4) is 11.5 Å². The molecule has 6 nitrogen and oxygen atoms in total. The van der Waals surface area contributed by atoms with Gasteiger partial charge in [0, 0.05) is 0 Å². The molecule has 0 aliphatic rings. The molecule has 0 radical (unpaired) electrons. The van der Waals surface area contributed by atoms with Gasteiger partial charge in [0.2, 0.25) is 0 Å². The van der Waals surface area contributed by atoms with E-state index in [1.54, 1.807) is 19.2 Å². The SMILES string of the molecule is CCCCCCCC(C)(CCCCC)OC(C)c1cc(OC)c(OC(C)(CCCC)CCCC)cc1[N+](=O)[O-]. The second kappa shape index (κ2) is 18.5. The quantitative estimate of drug-likeness (QED) is 0.0771. The minimum absolute atomic E-state index is 0.0329. The van der Waals surface area contributed by atoms with Crippen molar-refractivity contribution < 1.29 is 19.1 Å². The lowest BCUT2D eigenvalue weighted by atomic mass is 9.90. The molecule has 0 saturated heterocycles. The summed E-state index contributed by atoms with van der Waals surface area (Å²) in [5.41, 5.74) is -0.145. The zero-order chi connectivity index (χ0) is 29.3. The molecular weight excluding hydrogens is 490 g/mol. The number of ether oxygens (including phenoxy) is 3. The number of benzene rings is 1. The molecule has 0 saturated carbocycles. The first-order chi connectivity index (χ1) is 18.6. The number of hydrogen-bond acceptors (Lipinski definition) is 5. The van der Waals surface area contributed by atoms with Crippen LogP contribution in [0.3, 0.4) is 0 Å². The molecule has 0 amide bonds. The molecular formula is C33H59NO5. The molecule has 0 aliphatic carbocycles. The van der Waals surface area contributed by atoms with Crippen molar-refractivity contribution >= 4 is 5.69 Å². The minimum atomic E-state index is -0.442.